The lowest BCUT2D eigenvalue weighted by molar-refractivity contribution is 0.0941. The number of benzene rings is 1. The lowest BCUT2D eigenvalue weighted by atomic mass is 10.2. The molecule has 3 aromatic rings. The van der Waals surface area contributed by atoms with E-state index < -0.39 is 0 Å². The van der Waals surface area contributed by atoms with Crippen molar-refractivity contribution in [1.29, 1.82) is 0 Å². The van der Waals surface area contributed by atoms with Crippen molar-refractivity contribution in [1.82, 2.24) is 20.1 Å². The Hall–Kier alpha value is -2.89. The van der Waals surface area contributed by atoms with Crippen LogP contribution in [-0.4, -0.2) is 20.7 Å². The van der Waals surface area contributed by atoms with Crippen LogP contribution in [0.15, 0.2) is 35.1 Å². The van der Waals surface area contributed by atoms with E-state index >= 15 is 0 Å². The number of para-hydroxylation sites is 1. The molecule has 0 aliphatic heterocycles. The molecule has 6 nitrogen and oxygen atoms in total. The van der Waals surface area contributed by atoms with Gasteiger partial charge in [-0.25, -0.2) is 9.67 Å². The van der Waals surface area contributed by atoms with E-state index in [-0.39, 0.29) is 5.91 Å². The smallest absolute Gasteiger partial charge is 0.272 e. The van der Waals surface area contributed by atoms with Crippen LogP contribution in [0, 0.1) is 13.8 Å². The van der Waals surface area contributed by atoms with Crippen LogP contribution in [0.25, 0.3) is 5.69 Å². The Balaban J connectivity index is 1.64. The standard InChI is InChI=1S/C19H20N4O2/c1-12-6-3-4-8-15(12)23-16-9-5-7-14(16)18(22-23)19(24)20-10-17-13(2)21-11-25-17/h3-4,6,8,11H,5,7,9-10H2,1-2H3,(H,20,24). The van der Waals surface area contributed by atoms with E-state index in [1.165, 1.54) is 6.39 Å². The van der Waals surface area contributed by atoms with Gasteiger partial charge in [0.25, 0.3) is 5.91 Å². The zero-order valence-corrected chi connectivity index (χ0v) is 14.4. The summed E-state index contributed by atoms with van der Waals surface area (Å²) in [5.74, 6) is 0.504. The maximum Gasteiger partial charge on any atom is 0.272 e. The van der Waals surface area contributed by atoms with Gasteiger partial charge in [-0.3, -0.25) is 4.79 Å². The first-order valence-electron chi connectivity index (χ1n) is 8.49. The molecule has 1 aliphatic rings. The molecule has 0 radical (unpaired) electrons. The van der Waals surface area contributed by atoms with Gasteiger partial charge in [-0.1, -0.05) is 18.2 Å². The molecule has 2 aromatic heterocycles. The molecule has 1 amide bonds. The van der Waals surface area contributed by atoms with E-state index in [0.717, 1.165) is 47.5 Å². The van der Waals surface area contributed by atoms with Crippen LogP contribution in [0.1, 0.15) is 45.2 Å². The Morgan fingerprint density at radius 2 is 2.12 bits per heavy atom. The minimum absolute atomic E-state index is 0.165. The quantitative estimate of drug-likeness (QED) is 0.795. The third-order valence-electron chi connectivity index (χ3n) is 4.74. The van der Waals surface area contributed by atoms with Crippen LogP contribution in [0.4, 0.5) is 0 Å². The summed E-state index contributed by atoms with van der Waals surface area (Å²) in [7, 11) is 0. The SMILES string of the molecule is Cc1ccccc1-n1nc(C(=O)NCc2ocnc2C)c2c1CCC2. The molecule has 0 fully saturated rings. The van der Waals surface area contributed by atoms with E-state index in [1.807, 2.05) is 29.8 Å². The first kappa shape index (κ1) is 15.6. The molecule has 0 saturated heterocycles. The van der Waals surface area contributed by atoms with Crippen LogP contribution < -0.4 is 5.32 Å². The highest BCUT2D eigenvalue weighted by Crippen LogP contribution is 2.28. The Bertz CT molecular complexity index is 939. The second kappa shape index (κ2) is 6.20. The van der Waals surface area contributed by atoms with Crippen molar-refractivity contribution in [2.24, 2.45) is 0 Å². The van der Waals surface area contributed by atoms with Gasteiger partial charge in [0.05, 0.1) is 17.9 Å². The number of aromatic nitrogens is 3. The average Bonchev–Trinajstić information content (AvgIpc) is 3.30. The topological polar surface area (TPSA) is 73.0 Å². The summed E-state index contributed by atoms with van der Waals surface area (Å²) in [5, 5.41) is 7.55. The van der Waals surface area contributed by atoms with Gasteiger partial charge in [-0.05, 0) is 44.7 Å². The number of fused-ring (bicyclic) bond motifs is 1. The summed E-state index contributed by atoms with van der Waals surface area (Å²) in [4.78, 5) is 16.7. The van der Waals surface area contributed by atoms with Crippen LogP contribution in [0.2, 0.25) is 0 Å². The van der Waals surface area contributed by atoms with Gasteiger partial charge in [0.1, 0.15) is 5.76 Å². The molecule has 25 heavy (non-hydrogen) atoms. The maximum atomic E-state index is 12.7. The van der Waals surface area contributed by atoms with Crippen molar-refractivity contribution < 1.29 is 9.21 Å². The summed E-state index contributed by atoms with van der Waals surface area (Å²) in [5.41, 5.74) is 5.70. The summed E-state index contributed by atoms with van der Waals surface area (Å²) in [6, 6.07) is 8.11. The molecule has 0 saturated carbocycles. The molecule has 4 rings (SSSR count). The Morgan fingerprint density at radius 1 is 1.28 bits per heavy atom. The van der Waals surface area contributed by atoms with Gasteiger partial charge in [0.15, 0.2) is 12.1 Å². The second-order valence-electron chi connectivity index (χ2n) is 6.37. The molecule has 0 atom stereocenters. The summed E-state index contributed by atoms with van der Waals surface area (Å²) < 4.78 is 7.22. The first-order valence-corrected chi connectivity index (χ1v) is 8.49. The molecule has 1 aliphatic carbocycles. The van der Waals surface area contributed by atoms with Crippen LogP contribution >= 0.6 is 0 Å². The lowest BCUT2D eigenvalue weighted by Gasteiger charge is -2.08. The fourth-order valence-corrected chi connectivity index (χ4v) is 3.36. The van der Waals surface area contributed by atoms with Crippen molar-refractivity contribution in [2.75, 3.05) is 0 Å². The Kier molecular flexibility index (Phi) is 3.87. The normalized spacial score (nSPS) is 13.0. The number of nitrogens with one attached hydrogen (secondary N) is 1. The predicted octanol–water partition coefficient (Wildman–Crippen LogP) is 2.90. The minimum atomic E-state index is -0.165. The van der Waals surface area contributed by atoms with Crippen molar-refractivity contribution >= 4 is 5.91 Å². The average molecular weight is 336 g/mol. The number of rotatable bonds is 4. The number of hydrogen-bond donors (Lipinski definition) is 1. The molecule has 1 N–H and O–H groups in total. The number of aryl methyl sites for hydroxylation is 2. The molecule has 1 aromatic carbocycles. The molecule has 2 heterocycles. The number of oxazole rings is 1. The minimum Gasteiger partial charge on any atom is -0.446 e. The highest BCUT2D eigenvalue weighted by Gasteiger charge is 2.27. The van der Waals surface area contributed by atoms with E-state index in [4.69, 9.17) is 4.42 Å². The Labute approximate surface area is 145 Å². The van der Waals surface area contributed by atoms with Gasteiger partial charge in [-0.2, -0.15) is 5.10 Å². The second-order valence-corrected chi connectivity index (χ2v) is 6.37. The maximum absolute atomic E-state index is 12.7. The zero-order valence-electron chi connectivity index (χ0n) is 14.4. The van der Waals surface area contributed by atoms with E-state index in [9.17, 15) is 4.79 Å². The van der Waals surface area contributed by atoms with E-state index in [2.05, 4.69) is 28.4 Å². The monoisotopic (exact) mass is 336 g/mol. The number of hydrogen-bond acceptors (Lipinski definition) is 4. The van der Waals surface area contributed by atoms with E-state index in [0.29, 0.717) is 18.0 Å². The number of carbonyl (C=O) groups excluding carboxylic acids is 1. The summed E-state index contributed by atoms with van der Waals surface area (Å²) in [6.45, 7) is 4.23. The van der Waals surface area contributed by atoms with Gasteiger partial charge in [0, 0.05) is 11.3 Å². The van der Waals surface area contributed by atoms with Crippen LogP contribution in [0.5, 0.6) is 0 Å². The molecule has 0 bridgehead atoms. The van der Waals surface area contributed by atoms with Crippen LogP contribution in [0.3, 0.4) is 0 Å². The predicted molar refractivity (Wildman–Crippen MR) is 92.7 cm³/mol. The molecule has 6 heteroatoms. The molecule has 128 valence electrons. The lowest BCUT2D eigenvalue weighted by Crippen LogP contribution is -2.24. The number of carbonyl (C=O) groups is 1. The highest BCUT2D eigenvalue weighted by atomic mass is 16.3. The van der Waals surface area contributed by atoms with Crippen molar-refractivity contribution in [3.63, 3.8) is 0 Å². The fraction of sp³-hybridized carbons (Fsp3) is 0.316. The van der Waals surface area contributed by atoms with Gasteiger partial charge in [-0.15, -0.1) is 0 Å². The number of amides is 1. The molecular formula is C19H20N4O2. The largest absolute Gasteiger partial charge is 0.446 e. The van der Waals surface area contributed by atoms with Crippen LogP contribution in [-0.2, 0) is 19.4 Å². The van der Waals surface area contributed by atoms with Crippen molar-refractivity contribution in [3.8, 4) is 5.69 Å². The molecule has 0 unspecified atom stereocenters. The van der Waals surface area contributed by atoms with Crippen molar-refractivity contribution in [2.45, 2.75) is 39.7 Å². The van der Waals surface area contributed by atoms with Crippen molar-refractivity contribution in [3.05, 3.63) is 64.6 Å². The van der Waals surface area contributed by atoms with E-state index in [1.54, 1.807) is 0 Å². The van der Waals surface area contributed by atoms with Gasteiger partial charge < -0.3 is 9.73 Å². The van der Waals surface area contributed by atoms with Gasteiger partial charge >= 0.3 is 0 Å². The molecule has 0 spiro atoms. The fourth-order valence-electron chi connectivity index (χ4n) is 3.36. The third-order valence-corrected chi connectivity index (χ3v) is 4.74. The molecular weight excluding hydrogens is 316 g/mol. The zero-order chi connectivity index (χ0) is 17.4. The van der Waals surface area contributed by atoms with Gasteiger partial charge in [0.2, 0.25) is 0 Å². The highest BCUT2D eigenvalue weighted by molar-refractivity contribution is 5.94. The summed E-state index contributed by atoms with van der Waals surface area (Å²) >= 11 is 0. The Morgan fingerprint density at radius 3 is 2.88 bits per heavy atom. The number of nitrogens with zero attached hydrogens (tertiary/aromatic N) is 3. The first-order chi connectivity index (χ1) is 12.1. The summed E-state index contributed by atoms with van der Waals surface area (Å²) in [6.07, 6.45) is 4.29. The third kappa shape index (κ3) is 2.73.